The van der Waals surface area contributed by atoms with Crippen LogP contribution in [0.4, 0.5) is 10.1 Å². The molecule has 0 fully saturated rings. The van der Waals surface area contributed by atoms with Crippen molar-refractivity contribution in [1.29, 1.82) is 0 Å². The highest BCUT2D eigenvalue weighted by molar-refractivity contribution is 6.10. The van der Waals surface area contributed by atoms with E-state index in [4.69, 9.17) is 11.0 Å². The average molecular weight is 331 g/mol. The second-order valence-corrected chi connectivity index (χ2v) is 6.33. The predicted molar refractivity (Wildman–Crippen MR) is 96.0 cm³/mol. The molecule has 0 aliphatic carbocycles. The van der Waals surface area contributed by atoms with Crippen LogP contribution < -0.4 is 4.57 Å². The summed E-state index contributed by atoms with van der Waals surface area (Å²) in [4.78, 5) is 3.46. The lowest BCUT2D eigenvalue weighted by Crippen LogP contribution is -2.31. The van der Waals surface area contributed by atoms with Crippen molar-refractivity contribution in [2.24, 2.45) is 7.05 Å². The molecule has 0 atom stereocenters. The fourth-order valence-electron chi connectivity index (χ4n) is 3.32. The zero-order valence-corrected chi connectivity index (χ0v) is 14.2. The summed E-state index contributed by atoms with van der Waals surface area (Å²) in [6.45, 7) is 10.9. The van der Waals surface area contributed by atoms with Crippen LogP contribution in [0.2, 0.25) is 0 Å². The molecule has 4 heteroatoms. The van der Waals surface area contributed by atoms with Crippen LogP contribution in [-0.4, -0.2) is 0 Å². The first kappa shape index (κ1) is 15.3. The molecule has 0 bridgehead atoms. The van der Waals surface area contributed by atoms with E-state index in [0.717, 1.165) is 33.2 Å². The van der Waals surface area contributed by atoms with Crippen LogP contribution in [-0.2, 0) is 7.05 Å². The number of hydrogen-bond donors (Lipinski definition) is 0. The van der Waals surface area contributed by atoms with Crippen molar-refractivity contribution in [1.82, 2.24) is 0 Å². The number of benzene rings is 2. The molecule has 2 heterocycles. The van der Waals surface area contributed by atoms with Crippen LogP contribution in [0.5, 0.6) is 0 Å². The fraction of sp³-hybridized carbons (Fsp3) is 0.143. The molecule has 3 nitrogen and oxygen atoms in total. The van der Waals surface area contributed by atoms with Crippen LogP contribution in [0.1, 0.15) is 11.1 Å². The fourth-order valence-corrected chi connectivity index (χ4v) is 3.32. The first-order valence-electron chi connectivity index (χ1n) is 7.99. The van der Waals surface area contributed by atoms with E-state index in [9.17, 15) is 4.39 Å². The van der Waals surface area contributed by atoms with E-state index >= 15 is 0 Å². The Morgan fingerprint density at radius 1 is 1.04 bits per heavy atom. The molecule has 0 spiro atoms. The number of rotatable bonds is 1. The quantitative estimate of drug-likeness (QED) is 0.339. The third-order valence-corrected chi connectivity index (χ3v) is 4.63. The van der Waals surface area contributed by atoms with Crippen molar-refractivity contribution in [3.8, 4) is 11.3 Å². The topological polar surface area (TPSA) is 21.4 Å². The number of aromatic nitrogens is 1. The van der Waals surface area contributed by atoms with Gasteiger partial charge >= 0.3 is 0 Å². The summed E-state index contributed by atoms with van der Waals surface area (Å²) in [6, 6.07) is 11.0. The molecular formula is C21H16FN2O+. The van der Waals surface area contributed by atoms with Crippen molar-refractivity contribution in [3.05, 3.63) is 71.0 Å². The van der Waals surface area contributed by atoms with Gasteiger partial charge in [0.15, 0.2) is 11.9 Å². The number of nitrogens with zero attached hydrogens (tertiary/aromatic N) is 2. The minimum Gasteiger partial charge on any atom is -0.456 e. The third-order valence-electron chi connectivity index (χ3n) is 4.63. The van der Waals surface area contributed by atoms with Crippen molar-refractivity contribution in [3.63, 3.8) is 0 Å². The van der Waals surface area contributed by atoms with Crippen LogP contribution in [0, 0.1) is 26.2 Å². The van der Waals surface area contributed by atoms with Crippen LogP contribution in [0.3, 0.4) is 0 Å². The van der Waals surface area contributed by atoms with Crippen molar-refractivity contribution in [2.45, 2.75) is 13.8 Å². The van der Waals surface area contributed by atoms with E-state index in [-0.39, 0.29) is 5.82 Å². The maximum atomic E-state index is 14.2. The first-order chi connectivity index (χ1) is 12.0. The molecule has 4 rings (SSSR count). The molecule has 2 aromatic carbocycles. The molecule has 0 unspecified atom stereocenters. The summed E-state index contributed by atoms with van der Waals surface area (Å²) >= 11 is 0. The smallest absolute Gasteiger partial charge is 0.219 e. The van der Waals surface area contributed by atoms with E-state index in [2.05, 4.69) is 4.85 Å². The molecule has 0 radical (unpaired) electrons. The second kappa shape index (κ2) is 5.42. The van der Waals surface area contributed by atoms with Crippen LogP contribution in [0.25, 0.3) is 38.0 Å². The lowest BCUT2D eigenvalue weighted by molar-refractivity contribution is -0.661. The number of halogens is 1. The maximum absolute atomic E-state index is 14.2. The summed E-state index contributed by atoms with van der Waals surface area (Å²) in [5.74, 6) is -0.240. The summed E-state index contributed by atoms with van der Waals surface area (Å²) < 4.78 is 22.2. The van der Waals surface area contributed by atoms with E-state index in [0.29, 0.717) is 16.8 Å². The van der Waals surface area contributed by atoms with Gasteiger partial charge in [-0.25, -0.2) is 13.8 Å². The Kier molecular flexibility index (Phi) is 3.33. The maximum Gasteiger partial charge on any atom is 0.219 e. The predicted octanol–water partition coefficient (Wildman–Crippen LogP) is 5.38. The van der Waals surface area contributed by atoms with Crippen molar-refractivity contribution >= 4 is 27.6 Å². The minimum atomic E-state index is -0.240. The lowest BCUT2D eigenvalue weighted by atomic mass is 10.00. The summed E-state index contributed by atoms with van der Waals surface area (Å²) in [6.07, 6.45) is 1.78. The van der Waals surface area contributed by atoms with E-state index < -0.39 is 0 Å². The molecule has 122 valence electrons. The van der Waals surface area contributed by atoms with Crippen LogP contribution in [0.15, 0.2) is 47.0 Å². The Morgan fingerprint density at radius 3 is 2.56 bits per heavy atom. The van der Waals surface area contributed by atoms with Crippen molar-refractivity contribution < 1.29 is 13.4 Å². The molecule has 0 saturated carbocycles. The zero-order valence-electron chi connectivity index (χ0n) is 14.2. The largest absolute Gasteiger partial charge is 0.456 e. The molecule has 0 N–H and O–H groups in total. The van der Waals surface area contributed by atoms with Gasteiger partial charge in [0.25, 0.3) is 0 Å². The van der Waals surface area contributed by atoms with Crippen molar-refractivity contribution in [2.75, 3.05) is 0 Å². The Balaban J connectivity index is 2.12. The Bertz CT molecular complexity index is 1200. The minimum absolute atomic E-state index is 0.240. The number of pyridine rings is 1. The molecule has 0 aliphatic rings. The average Bonchev–Trinajstić information content (AvgIpc) is 2.96. The number of hydrogen-bond acceptors (Lipinski definition) is 1. The second-order valence-electron chi connectivity index (χ2n) is 6.33. The van der Waals surface area contributed by atoms with Gasteiger partial charge in [0, 0.05) is 22.4 Å². The highest BCUT2D eigenvalue weighted by atomic mass is 19.1. The Morgan fingerprint density at radius 2 is 1.80 bits per heavy atom. The van der Waals surface area contributed by atoms with E-state index in [1.807, 2.05) is 36.7 Å². The number of aryl methyl sites for hydroxylation is 3. The van der Waals surface area contributed by atoms with Gasteiger partial charge in [0.2, 0.25) is 5.69 Å². The highest BCUT2D eigenvalue weighted by Gasteiger charge is 2.22. The number of furan rings is 1. The SMILES string of the molecule is [C-]#[N+]c1ccc2c(c1)oc1c(-c3cc(F)c(C)c[n+]3C)c(C)ccc12. The van der Waals surface area contributed by atoms with Gasteiger partial charge in [-0.15, -0.1) is 0 Å². The molecule has 25 heavy (non-hydrogen) atoms. The summed E-state index contributed by atoms with van der Waals surface area (Å²) in [5, 5.41) is 1.92. The van der Waals surface area contributed by atoms with Crippen LogP contribution >= 0.6 is 0 Å². The zero-order chi connectivity index (χ0) is 17.7. The normalized spacial score (nSPS) is 11.2. The first-order valence-corrected chi connectivity index (χ1v) is 7.99. The molecular weight excluding hydrogens is 315 g/mol. The summed E-state index contributed by atoms with van der Waals surface area (Å²) in [5.41, 5.74) is 5.17. The third kappa shape index (κ3) is 2.28. The lowest BCUT2D eigenvalue weighted by Gasteiger charge is -2.06. The molecule has 0 saturated heterocycles. The van der Waals surface area contributed by atoms with E-state index in [1.165, 1.54) is 0 Å². The standard InChI is InChI=1S/C21H16FN2O/c1-12-5-7-16-15-8-6-14(23-3)9-19(15)25-21(16)20(12)18-10-17(22)13(2)11-24(18)4/h5-11H,1-2,4H3/q+1. The molecule has 4 aromatic rings. The van der Waals surface area contributed by atoms with Gasteiger partial charge in [0.1, 0.15) is 24.0 Å². The molecule has 2 aromatic heterocycles. The van der Waals surface area contributed by atoms with E-state index in [1.54, 1.807) is 31.3 Å². The monoisotopic (exact) mass is 331 g/mol. The Labute approximate surface area is 144 Å². The number of fused-ring (bicyclic) bond motifs is 3. The van der Waals surface area contributed by atoms with Gasteiger partial charge in [-0.2, -0.15) is 0 Å². The molecule has 0 aliphatic heterocycles. The van der Waals surface area contributed by atoms with Gasteiger partial charge < -0.3 is 4.42 Å². The van der Waals surface area contributed by atoms with Gasteiger partial charge in [-0.05, 0) is 25.5 Å². The van der Waals surface area contributed by atoms with Gasteiger partial charge in [0.05, 0.1) is 12.1 Å². The molecule has 0 amide bonds. The highest BCUT2D eigenvalue weighted by Crippen LogP contribution is 2.38. The van der Waals surface area contributed by atoms with Gasteiger partial charge in [-0.3, -0.25) is 0 Å². The van der Waals surface area contributed by atoms with Gasteiger partial charge in [-0.1, -0.05) is 24.3 Å². The Hall–Kier alpha value is -3.19. The summed E-state index contributed by atoms with van der Waals surface area (Å²) in [7, 11) is 1.90.